The van der Waals surface area contributed by atoms with Gasteiger partial charge in [-0.25, -0.2) is 0 Å². The minimum Gasteiger partial charge on any atom is -0.298 e. The summed E-state index contributed by atoms with van der Waals surface area (Å²) in [5.41, 5.74) is 2.15. The Bertz CT molecular complexity index is 947. The molecular formula is C18H23N7O. The van der Waals surface area contributed by atoms with Gasteiger partial charge in [0.2, 0.25) is 5.82 Å². The number of hydrogen-bond donors (Lipinski definition) is 0. The van der Waals surface area contributed by atoms with Gasteiger partial charge in [-0.3, -0.25) is 9.48 Å². The summed E-state index contributed by atoms with van der Waals surface area (Å²) in [5, 5.41) is 26.8. The van der Waals surface area contributed by atoms with E-state index < -0.39 is 11.3 Å². The van der Waals surface area contributed by atoms with Crippen molar-refractivity contribution in [3.63, 3.8) is 0 Å². The Hall–Kier alpha value is -2.56. The number of ketones is 1. The van der Waals surface area contributed by atoms with Gasteiger partial charge >= 0.3 is 0 Å². The summed E-state index contributed by atoms with van der Waals surface area (Å²) in [5.74, 6) is 0.209. The maximum atomic E-state index is 12.8. The molecule has 26 heavy (non-hydrogen) atoms. The molecule has 136 valence electrons. The first kappa shape index (κ1) is 16.9. The minimum absolute atomic E-state index is 0.0673. The predicted octanol–water partition coefficient (Wildman–Crippen LogP) is 1.57. The van der Waals surface area contributed by atoms with E-state index in [0.717, 1.165) is 29.8 Å². The molecule has 8 heteroatoms. The number of aryl methyl sites for hydroxylation is 2. The number of carbonyl (C=O) groups excluding carboxylic acids is 1. The van der Waals surface area contributed by atoms with Gasteiger partial charge < -0.3 is 0 Å². The summed E-state index contributed by atoms with van der Waals surface area (Å²) in [6, 6.07) is 2.23. The first-order valence-corrected chi connectivity index (χ1v) is 8.94. The number of carbonyl (C=O) groups is 1. The number of fused-ring (bicyclic) bond motifs is 3. The van der Waals surface area contributed by atoms with Crippen LogP contribution in [0.15, 0.2) is 0 Å². The van der Waals surface area contributed by atoms with E-state index in [0.29, 0.717) is 12.2 Å². The summed E-state index contributed by atoms with van der Waals surface area (Å²) >= 11 is 0. The van der Waals surface area contributed by atoms with Gasteiger partial charge in [0.25, 0.3) is 0 Å². The second-order valence-corrected chi connectivity index (χ2v) is 8.38. The largest absolute Gasteiger partial charge is 0.298 e. The van der Waals surface area contributed by atoms with Crippen LogP contribution in [-0.4, -0.2) is 35.8 Å². The highest BCUT2D eigenvalue weighted by Crippen LogP contribution is 2.57. The molecule has 2 aliphatic carbocycles. The standard InChI is InChI=1S/C18H23N7O/c1-17(2)12-7-6-11-13(16-20-23-25(5)22-16)24(4)21-14(11)18(12,3)8-10(9-19)15(17)26/h10,12H,6-8H2,1-5H3/t10?,12-,18-/m0/s1. The summed E-state index contributed by atoms with van der Waals surface area (Å²) in [7, 11) is 3.63. The van der Waals surface area contributed by atoms with Gasteiger partial charge in [0.15, 0.2) is 5.78 Å². The molecule has 1 saturated carbocycles. The molecule has 1 fully saturated rings. The third kappa shape index (κ3) is 2.03. The molecule has 8 nitrogen and oxygen atoms in total. The Morgan fingerprint density at radius 1 is 1.23 bits per heavy atom. The van der Waals surface area contributed by atoms with Crippen molar-refractivity contribution in [1.82, 2.24) is 30.0 Å². The Kier molecular flexibility index (Phi) is 3.39. The Balaban J connectivity index is 1.89. The topological polar surface area (TPSA) is 102 Å². The lowest BCUT2D eigenvalue weighted by molar-refractivity contribution is -0.140. The van der Waals surface area contributed by atoms with Crippen molar-refractivity contribution in [2.24, 2.45) is 31.3 Å². The predicted molar refractivity (Wildman–Crippen MR) is 92.7 cm³/mol. The molecule has 2 aromatic heterocycles. The Morgan fingerprint density at radius 2 is 1.96 bits per heavy atom. The quantitative estimate of drug-likeness (QED) is 0.771. The van der Waals surface area contributed by atoms with Crippen LogP contribution in [0.3, 0.4) is 0 Å². The monoisotopic (exact) mass is 353 g/mol. The number of rotatable bonds is 1. The molecule has 0 N–H and O–H groups in total. The van der Waals surface area contributed by atoms with E-state index in [1.165, 1.54) is 4.80 Å². The second kappa shape index (κ2) is 5.22. The van der Waals surface area contributed by atoms with E-state index in [2.05, 4.69) is 28.4 Å². The van der Waals surface area contributed by atoms with Gasteiger partial charge in [-0.1, -0.05) is 20.8 Å². The summed E-state index contributed by atoms with van der Waals surface area (Å²) < 4.78 is 1.82. The number of aromatic nitrogens is 6. The van der Waals surface area contributed by atoms with Gasteiger partial charge in [0.1, 0.15) is 11.6 Å². The van der Waals surface area contributed by atoms with E-state index >= 15 is 0 Å². The van der Waals surface area contributed by atoms with E-state index in [1.54, 1.807) is 7.05 Å². The smallest absolute Gasteiger partial charge is 0.223 e. The van der Waals surface area contributed by atoms with Crippen LogP contribution in [0, 0.1) is 28.6 Å². The number of hydrogen-bond acceptors (Lipinski definition) is 6. The van der Waals surface area contributed by atoms with Crippen molar-refractivity contribution in [1.29, 1.82) is 5.26 Å². The van der Waals surface area contributed by atoms with Crippen molar-refractivity contribution < 1.29 is 4.79 Å². The molecule has 1 unspecified atom stereocenters. The van der Waals surface area contributed by atoms with Crippen LogP contribution in [0.25, 0.3) is 11.5 Å². The SMILES string of the molecule is Cn1nnc(-c2c3c(nn2C)[C@@]2(C)CC(C#N)C(=O)C(C)(C)[C@@H]2CC3)n1. The zero-order chi connectivity index (χ0) is 18.9. The first-order valence-electron chi connectivity index (χ1n) is 8.94. The molecule has 0 amide bonds. The lowest BCUT2D eigenvalue weighted by Gasteiger charge is -2.52. The molecule has 2 heterocycles. The van der Waals surface area contributed by atoms with Gasteiger partial charge in [-0.15, -0.1) is 10.2 Å². The molecule has 0 aliphatic heterocycles. The van der Waals surface area contributed by atoms with E-state index in [4.69, 9.17) is 5.10 Å². The van der Waals surface area contributed by atoms with Crippen molar-refractivity contribution in [3.8, 4) is 17.6 Å². The number of tetrazole rings is 1. The second-order valence-electron chi connectivity index (χ2n) is 8.38. The lowest BCUT2D eigenvalue weighted by Crippen LogP contribution is -2.55. The third-order valence-electron chi connectivity index (χ3n) is 6.47. The fourth-order valence-corrected chi connectivity index (χ4v) is 5.33. The summed E-state index contributed by atoms with van der Waals surface area (Å²) in [6.45, 7) is 6.14. The maximum absolute atomic E-state index is 12.8. The molecular weight excluding hydrogens is 330 g/mol. The maximum Gasteiger partial charge on any atom is 0.223 e. The number of nitriles is 1. The average molecular weight is 353 g/mol. The molecule has 2 aromatic rings. The van der Waals surface area contributed by atoms with E-state index in [-0.39, 0.29) is 17.1 Å². The molecule has 4 rings (SSSR count). The molecule has 0 spiro atoms. The van der Waals surface area contributed by atoms with Gasteiger partial charge in [-0.05, 0) is 30.4 Å². The molecule has 0 aromatic carbocycles. The van der Waals surface area contributed by atoms with E-state index in [1.807, 2.05) is 25.6 Å². The fraction of sp³-hybridized carbons (Fsp3) is 0.667. The molecule has 0 bridgehead atoms. The normalized spacial score (nSPS) is 29.8. The van der Waals surface area contributed by atoms with Crippen LogP contribution >= 0.6 is 0 Å². The van der Waals surface area contributed by atoms with Gasteiger partial charge in [0, 0.05) is 23.4 Å². The van der Waals surface area contributed by atoms with Crippen molar-refractivity contribution >= 4 is 5.78 Å². The molecule has 0 saturated heterocycles. The Labute approximate surface area is 152 Å². The summed E-state index contributed by atoms with van der Waals surface area (Å²) in [4.78, 5) is 14.2. The highest BCUT2D eigenvalue weighted by atomic mass is 16.1. The lowest BCUT2D eigenvalue weighted by atomic mass is 9.49. The van der Waals surface area contributed by atoms with Crippen molar-refractivity contribution in [3.05, 3.63) is 11.3 Å². The first-order chi connectivity index (χ1) is 12.2. The molecule has 0 radical (unpaired) electrons. The zero-order valence-electron chi connectivity index (χ0n) is 15.8. The summed E-state index contributed by atoms with van der Waals surface area (Å²) in [6.07, 6.45) is 2.23. The van der Waals surface area contributed by atoms with Crippen LogP contribution in [0.2, 0.25) is 0 Å². The third-order valence-corrected chi connectivity index (χ3v) is 6.47. The number of nitrogens with zero attached hydrogens (tertiary/aromatic N) is 7. The average Bonchev–Trinajstić information content (AvgIpc) is 3.14. The zero-order valence-corrected chi connectivity index (χ0v) is 15.8. The van der Waals surface area contributed by atoms with Crippen LogP contribution in [0.1, 0.15) is 44.9 Å². The Morgan fingerprint density at radius 3 is 2.58 bits per heavy atom. The van der Waals surface area contributed by atoms with Crippen LogP contribution < -0.4 is 0 Å². The van der Waals surface area contributed by atoms with Crippen LogP contribution in [0.5, 0.6) is 0 Å². The van der Waals surface area contributed by atoms with E-state index in [9.17, 15) is 10.1 Å². The highest BCUT2D eigenvalue weighted by Gasteiger charge is 2.58. The fourth-order valence-electron chi connectivity index (χ4n) is 5.33. The highest BCUT2D eigenvalue weighted by molar-refractivity contribution is 5.90. The number of Topliss-reactive ketones (excluding diaryl/α,β-unsaturated/α-hetero) is 1. The molecule has 2 aliphatic rings. The van der Waals surface area contributed by atoms with Crippen LogP contribution in [0.4, 0.5) is 0 Å². The molecule has 3 atom stereocenters. The van der Waals surface area contributed by atoms with Crippen molar-refractivity contribution in [2.75, 3.05) is 0 Å². The van der Waals surface area contributed by atoms with Crippen LogP contribution in [-0.2, 0) is 30.7 Å². The van der Waals surface area contributed by atoms with Crippen molar-refractivity contribution in [2.45, 2.75) is 45.4 Å². The minimum atomic E-state index is -0.586. The van der Waals surface area contributed by atoms with Gasteiger partial charge in [0.05, 0.1) is 18.8 Å². The van der Waals surface area contributed by atoms with Gasteiger partial charge in [-0.2, -0.15) is 15.2 Å².